The molecule has 0 saturated carbocycles. The van der Waals surface area contributed by atoms with E-state index in [9.17, 15) is 18.5 Å². The van der Waals surface area contributed by atoms with E-state index in [1.165, 1.54) is 16.4 Å². The molecule has 1 atom stereocenters. The van der Waals surface area contributed by atoms with Crippen LogP contribution in [0.25, 0.3) is 0 Å². The average molecular weight is 357 g/mol. The van der Waals surface area contributed by atoms with Gasteiger partial charge in [0, 0.05) is 25.2 Å². The number of nitro benzene ring substituents is 1. The van der Waals surface area contributed by atoms with Crippen LogP contribution < -0.4 is 5.32 Å². The number of benzene rings is 1. The molecule has 9 heteroatoms. The summed E-state index contributed by atoms with van der Waals surface area (Å²) in [6.07, 6.45) is 0. The Labute approximate surface area is 142 Å². The van der Waals surface area contributed by atoms with Crippen molar-refractivity contribution in [2.45, 2.75) is 31.7 Å². The summed E-state index contributed by atoms with van der Waals surface area (Å²) < 4.78 is 31.7. The third kappa shape index (κ3) is 4.03. The quantitative estimate of drug-likeness (QED) is 0.618. The Morgan fingerprint density at radius 3 is 2.42 bits per heavy atom. The van der Waals surface area contributed by atoms with Gasteiger partial charge in [-0.3, -0.25) is 10.1 Å². The average Bonchev–Trinajstić information content (AvgIpc) is 2.55. The van der Waals surface area contributed by atoms with Gasteiger partial charge in [-0.1, -0.05) is 13.8 Å². The van der Waals surface area contributed by atoms with Gasteiger partial charge in [0.2, 0.25) is 10.0 Å². The number of nitrogens with zero attached hydrogens (tertiary/aromatic N) is 2. The van der Waals surface area contributed by atoms with Gasteiger partial charge in [-0.25, -0.2) is 8.42 Å². The number of nitro groups is 1. The molecule has 24 heavy (non-hydrogen) atoms. The van der Waals surface area contributed by atoms with Gasteiger partial charge in [-0.15, -0.1) is 0 Å². The smallest absolute Gasteiger partial charge is 0.293 e. The lowest BCUT2D eigenvalue weighted by atomic mass is 10.1. The van der Waals surface area contributed by atoms with Crippen molar-refractivity contribution in [1.29, 1.82) is 0 Å². The van der Waals surface area contributed by atoms with Crippen molar-refractivity contribution in [3.63, 3.8) is 0 Å². The van der Waals surface area contributed by atoms with Crippen LogP contribution in [0.4, 0.5) is 11.4 Å². The second-order valence-corrected chi connectivity index (χ2v) is 8.07. The summed E-state index contributed by atoms with van der Waals surface area (Å²) in [6.45, 7) is 7.08. The summed E-state index contributed by atoms with van der Waals surface area (Å²) in [6, 6.07) is 4.02. The number of rotatable bonds is 6. The number of sulfonamides is 1. The fourth-order valence-corrected chi connectivity index (χ4v) is 3.72. The van der Waals surface area contributed by atoms with E-state index in [4.69, 9.17) is 4.74 Å². The normalized spacial score (nSPS) is 17.7. The molecule has 1 aliphatic heterocycles. The Kier molecular flexibility index (Phi) is 5.79. The van der Waals surface area contributed by atoms with Crippen LogP contribution in [0.1, 0.15) is 20.8 Å². The fourth-order valence-electron chi connectivity index (χ4n) is 2.29. The zero-order chi connectivity index (χ0) is 17.9. The SMILES string of the molecule is CC(C)[C@@H](C)Nc1ccc(S(=O)(=O)N2CCOCC2)cc1[N+](=O)[O-]. The monoisotopic (exact) mass is 357 g/mol. The highest BCUT2D eigenvalue weighted by Gasteiger charge is 2.29. The predicted molar refractivity (Wildman–Crippen MR) is 90.6 cm³/mol. The van der Waals surface area contributed by atoms with Gasteiger partial charge in [0.05, 0.1) is 23.0 Å². The molecule has 0 aromatic heterocycles. The van der Waals surface area contributed by atoms with E-state index >= 15 is 0 Å². The van der Waals surface area contributed by atoms with Crippen LogP contribution in [0.15, 0.2) is 23.1 Å². The summed E-state index contributed by atoms with van der Waals surface area (Å²) in [5.74, 6) is 0.279. The maximum atomic E-state index is 12.6. The highest BCUT2D eigenvalue weighted by atomic mass is 32.2. The van der Waals surface area contributed by atoms with Crippen LogP contribution in [0.2, 0.25) is 0 Å². The van der Waals surface area contributed by atoms with Crippen LogP contribution in [-0.2, 0) is 14.8 Å². The molecule has 1 N–H and O–H groups in total. The molecule has 1 saturated heterocycles. The van der Waals surface area contributed by atoms with Gasteiger partial charge < -0.3 is 10.1 Å². The molecule has 0 radical (unpaired) electrons. The molecule has 1 aromatic carbocycles. The molecule has 2 rings (SSSR count). The number of nitrogens with one attached hydrogen (secondary N) is 1. The Morgan fingerprint density at radius 2 is 1.88 bits per heavy atom. The highest BCUT2D eigenvalue weighted by molar-refractivity contribution is 7.89. The minimum atomic E-state index is -3.76. The summed E-state index contributed by atoms with van der Waals surface area (Å²) in [7, 11) is -3.76. The third-order valence-electron chi connectivity index (χ3n) is 4.16. The zero-order valence-corrected chi connectivity index (χ0v) is 14.9. The topological polar surface area (TPSA) is 102 Å². The van der Waals surface area contributed by atoms with Crippen molar-refractivity contribution >= 4 is 21.4 Å². The first kappa shape index (κ1) is 18.6. The molecule has 0 amide bonds. The van der Waals surface area contributed by atoms with E-state index in [2.05, 4.69) is 5.32 Å². The molecule has 0 unspecified atom stereocenters. The van der Waals surface area contributed by atoms with Crippen LogP contribution >= 0.6 is 0 Å². The Bertz CT molecular complexity index is 699. The van der Waals surface area contributed by atoms with Crippen molar-refractivity contribution in [3.05, 3.63) is 28.3 Å². The molecular formula is C15H23N3O5S. The molecular weight excluding hydrogens is 334 g/mol. The third-order valence-corrected chi connectivity index (χ3v) is 6.05. The van der Waals surface area contributed by atoms with Crippen molar-refractivity contribution in [2.24, 2.45) is 5.92 Å². The number of ether oxygens (including phenoxy) is 1. The van der Waals surface area contributed by atoms with Gasteiger partial charge >= 0.3 is 0 Å². The molecule has 134 valence electrons. The number of anilines is 1. The minimum absolute atomic E-state index is 0.0189. The fraction of sp³-hybridized carbons (Fsp3) is 0.600. The minimum Gasteiger partial charge on any atom is -0.379 e. The summed E-state index contributed by atoms with van der Waals surface area (Å²) >= 11 is 0. The van der Waals surface area contributed by atoms with E-state index in [-0.39, 0.29) is 35.6 Å². The lowest BCUT2D eigenvalue weighted by molar-refractivity contribution is -0.384. The second-order valence-electron chi connectivity index (χ2n) is 6.13. The standard InChI is InChI=1S/C15H23N3O5S/c1-11(2)12(3)16-14-5-4-13(10-15(14)18(19)20)24(21,22)17-6-8-23-9-7-17/h4-5,10-12,16H,6-9H2,1-3H3/t12-/m1/s1. The van der Waals surface area contributed by atoms with E-state index < -0.39 is 14.9 Å². The Balaban J connectivity index is 2.36. The largest absolute Gasteiger partial charge is 0.379 e. The lowest BCUT2D eigenvalue weighted by Crippen LogP contribution is -2.40. The van der Waals surface area contributed by atoms with Crippen molar-refractivity contribution in [2.75, 3.05) is 31.6 Å². The predicted octanol–water partition coefficient (Wildman–Crippen LogP) is 2.07. The summed E-state index contributed by atoms with van der Waals surface area (Å²) in [4.78, 5) is 10.7. The van der Waals surface area contributed by atoms with E-state index in [1.54, 1.807) is 0 Å². The second kappa shape index (κ2) is 7.45. The van der Waals surface area contributed by atoms with E-state index in [0.717, 1.165) is 6.07 Å². The van der Waals surface area contributed by atoms with Gasteiger partial charge in [-0.05, 0) is 25.0 Å². The van der Waals surface area contributed by atoms with Gasteiger partial charge in [-0.2, -0.15) is 4.31 Å². The van der Waals surface area contributed by atoms with Crippen LogP contribution in [0.3, 0.4) is 0 Å². The maximum absolute atomic E-state index is 12.6. The van der Waals surface area contributed by atoms with Crippen LogP contribution in [-0.4, -0.2) is 50.0 Å². The van der Waals surface area contributed by atoms with Crippen molar-refractivity contribution in [1.82, 2.24) is 4.31 Å². The number of hydrogen-bond acceptors (Lipinski definition) is 6. The molecule has 1 heterocycles. The number of hydrogen-bond donors (Lipinski definition) is 1. The van der Waals surface area contributed by atoms with E-state index in [1.807, 2.05) is 20.8 Å². The lowest BCUT2D eigenvalue weighted by Gasteiger charge is -2.26. The first-order valence-electron chi connectivity index (χ1n) is 7.86. The number of morpholine rings is 1. The molecule has 1 fully saturated rings. The molecule has 0 aliphatic carbocycles. The highest BCUT2D eigenvalue weighted by Crippen LogP contribution is 2.30. The molecule has 0 bridgehead atoms. The van der Waals surface area contributed by atoms with E-state index in [0.29, 0.717) is 18.9 Å². The Hall–Kier alpha value is -1.71. The molecule has 8 nitrogen and oxygen atoms in total. The zero-order valence-electron chi connectivity index (χ0n) is 14.1. The van der Waals surface area contributed by atoms with Crippen LogP contribution in [0, 0.1) is 16.0 Å². The summed E-state index contributed by atoms with van der Waals surface area (Å²) in [5.41, 5.74) is 0.0824. The Morgan fingerprint density at radius 1 is 1.25 bits per heavy atom. The first-order chi connectivity index (χ1) is 11.2. The van der Waals surface area contributed by atoms with Crippen LogP contribution in [0.5, 0.6) is 0 Å². The summed E-state index contributed by atoms with van der Waals surface area (Å²) in [5, 5.41) is 14.4. The maximum Gasteiger partial charge on any atom is 0.293 e. The molecule has 0 spiro atoms. The first-order valence-corrected chi connectivity index (χ1v) is 9.30. The van der Waals surface area contributed by atoms with Gasteiger partial charge in [0.1, 0.15) is 5.69 Å². The van der Waals surface area contributed by atoms with Crippen molar-refractivity contribution < 1.29 is 18.1 Å². The van der Waals surface area contributed by atoms with Gasteiger partial charge in [0.25, 0.3) is 5.69 Å². The molecule has 1 aliphatic rings. The van der Waals surface area contributed by atoms with Gasteiger partial charge in [0.15, 0.2) is 0 Å². The molecule has 1 aromatic rings. The van der Waals surface area contributed by atoms with Crippen molar-refractivity contribution in [3.8, 4) is 0 Å².